The number of amides is 1. The standard InChI is InChI=1S/C20H20N2O5/c21-11-10-17(23)15-8-4-5-9-16(15)19(25)18(24)12-22-20(26)27-13-14-6-2-1-3-7-14/h1-9,18-19,24-25H,10,12-13H2,(H,22,26). The Hall–Kier alpha value is -3.21. The Bertz CT molecular complexity index is 817. The van der Waals surface area contributed by atoms with Crippen LogP contribution in [-0.2, 0) is 11.3 Å². The maximum atomic E-state index is 12.0. The predicted molar refractivity (Wildman–Crippen MR) is 96.6 cm³/mol. The van der Waals surface area contributed by atoms with E-state index in [1.54, 1.807) is 30.3 Å². The van der Waals surface area contributed by atoms with Crippen LogP contribution in [0.15, 0.2) is 54.6 Å². The monoisotopic (exact) mass is 368 g/mol. The number of rotatable bonds is 8. The van der Waals surface area contributed by atoms with Gasteiger partial charge in [-0.1, -0.05) is 54.6 Å². The van der Waals surface area contributed by atoms with E-state index in [-0.39, 0.29) is 30.7 Å². The number of nitrogens with zero attached hydrogens (tertiary/aromatic N) is 1. The average Bonchev–Trinajstić information content (AvgIpc) is 2.70. The molecule has 140 valence electrons. The number of carbonyl (C=O) groups is 2. The number of aliphatic hydroxyl groups is 2. The number of Topliss-reactive ketones (excluding diaryl/α,β-unsaturated/α-hetero) is 1. The van der Waals surface area contributed by atoms with Crippen molar-refractivity contribution in [3.05, 3.63) is 71.3 Å². The van der Waals surface area contributed by atoms with E-state index in [4.69, 9.17) is 10.00 Å². The summed E-state index contributed by atoms with van der Waals surface area (Å²) in [7, 11) is 0. The predicted octanol–water partition coefficient (Wildman–Crippen LogP) is 2.10. The van der Waals surface area contributed by atoms with Crippen LogP contribution in [0.5, 0.6) is 0 Å². The van der Waals surface area contributed by atoms with Crippen LogP contribution in [0.25, 0.3) is 0 Å². The molecule has 0 aliphatic rings. The van der Waals surface area contributed by atoms with Gasteiger partial charge in [-0.2, -0.15) is 5.26 Å². The molecular weight excluding hydrogens is 348 g/mol. The zero-order chi connectivity index (χ0) is 19.6. The molecule has 2 unspecified atom stereocenters. The molecule has 2 rings (SSSR count). The first kappa shape index (κ1) is 20.1. The van der Waals surface area contributed by atoms with Crippen LogP contribution in [-0.4, -0.2) is 34.7 Å². The normalized spacial score (nSPS) is 12.5. The molecular formula is C20H20N2O5. The quantitative estimate of drug-likeness (QED) is 0.614. The van der Waals surface area contributed by atoms with Gasteiger partial charge in [-0.15, -0.1) is 0 Å². The molecule has 7 heteroatoms. The molecule has 27 heavy (non-hydrogen) atoms. The van der Waals surface area contributed by atoms with Gasteiger partial charge in [-0.05, 0) is 11.1 Å². The van der Waals surface area contributed by atoms with Crippen molar-refractivity contribution in [3.8, 4) is 6.07 Å². The molecule has 0 radical (unpaired) electrons. The molecule has 0 aliphatic heterocycles. The van der Waals surface area contributed by atoms with Gasteiger partial charge in [0, 0.05) is 12.1 Å². The first-order valence-corrected chi connectivity index (χ1v) is 8.32. The molecule has 0 aromatic heterocycles. The molecule has 0 bridgehead atoms. The summed E-state index contributed by atoms with van der Waals surface area (Å²) in [6.07, 6.45) is -3.83. The summed E-state index contributed by atoms with van der Waals surface area (Å²) < 4.78 is 5.02. The third kappa shape index (κ3) is 5.92. The first-order chi connectivity index (χ1) is 13.0. The summed E-state index contributed by atoms with van der Waals surface area (Å²) in [5, 5.41) is 31.5. The molecule has 0 aliphatic carbocycles. The molecule has 2 atom stereocenters. The highest BCUT2D eigenvalue weighted by Gasteiger charge is 2.24. The largest absolute Gasteiger partial charge is 0.445 e. The third-order valence-corrected chi connectivity index (χ3v) is 3.85. The highest BCUT2D eigenvalue weighted by atomic mass is 16.5. The van der Waals surface area contributed by atoms with Crippen LogP contribution in [0.4, 0.5) is 4.79 Å². The minimum Gasteiger partial charge on any atom is -0.445 e. The van der Waals surface area contributed by atoms with Gasteiger partial charge in [0.1, 0.15) is 18.8 Å². The molecule has 3 N–H and O–H groups in total. The Kier molecular flexibility index (Phi) is 7.49. The number of carbonyl (C=O) groups excluding carboxylic acids is 2. The van der Waals surface area contributed by atoms with E-state index in [2.05, 4.69) is 5.32 Å². The van der Waals surface area contributed by atoms with Gasteiger partial charge >= 0.3 is 6.09 Å². The Labute approximate surface area is 156 Å². The molecule has 2 aromatic carbocycles. The molecule has 1 amide bonds. The minimum absolute atomic E-state index is 0.0802. The van der Waals surface area contributed by atoms with Crippen molar-refractivity contribution in [3.63, 3.8) is 0 Å². The van der Waals surface area contributed by atoms with Crippen LogP contribution in [0.3, 0.4) is 0 Å². The second-order valence-electron chi connectivity index (χ2n) is 5.80. The number of ether oxygens (including phenoxy) is 1. The number of benzene rings is 2. The van der Waals surface area contributed by atoms with Crippen LogP contribution in [0.1, 0.15) is 34.0 Å². The number of nitriles is 1. The number of hydrogen-bond donors (Lipinski definition) is 3. The second kappa shape index (κ2) is 10.1. The van der Waals surface area contributed by atoms with Crippen LogP contribution in [0, 0.1) is 11.3 Å². The van der Waals surface area contributed by atoms with E-state index < -0.39 is 24.1 Å². The van der Waals surface area contributed by atoms with Crippen LogP contribution >= 0.6 is 0 Å². The fourth-order valence-electron chi connectivity index (χ4n) is 2.46. The van der Waals surface area contributed by atoms with E-state index in [0.29, 0.717) is 0 Å². The lowest BCUT2D eigenvalue weighted by atomic mass is 9.95. The molecule has 0 saturated carbocycles. The van der Waals surface area contributed by atoms with Gasteiger partial charge in [0.15, 0.2) is 5.78 Å². The van der Waals surface area contributed by atoms with E-state index in [0.717, 1.165) is 5.56 Å². The number of ketones is 1. The van der Waals surface area contributed by atoms with E-state index in [9.17, 15) is 19.8 Å². The maximum Gasteiger partial charge on any atom is 0.407 e. The van der Waals surface area contributed by atoms with Crippen molar-refractivity contribution in [1.82, 2.24) is 5.32 Å². The van der Waals surface area contributed by atoms with Crippen molar-refractivity contribution >= 4 is 11.9 Å². The van der Waals surface area contributed by atoms with Crippen molar-refractivity contribution < 1.29 is 24.5 Å². The zero-order valence-electron chi connectivity index (χ0n) is 14.5. The molecule has 0 fully saturated rings. The SMILES string of the molecule is N#CCC(=O)c1ccccc1C(O)C(O)CNC(=O)OCc1ccccc1. The van der Waals surface area contributed by atoms with E-state index in [1.165, 1.54) is 12.1 Å². The van der Waals surface area contributed by atoms with Gasteiger partial charge in [0.2, 0.25) is 0 Å². The summed E-state index contributed by atoms with van der Waals surface area (Å²) in [5.41, 5.74) is 1.18. The highest BCUT2D eigenvalue weighted by Crippen LogP contribution is 2.22. The summed E-state index contributed by atoms with van der Waals surface area (Å²) >= 11 is 0. The summed E-state index contributed by atoms with van der Waals surface area (Å²) in [5.74, 6) is -0.449. The number of alkyl carbamates (subject to hydrolysis) is 1. The smallest absolute Gasteiger partial charge is 0.407 e. The lowest BCUT2D eigenvalue weighted by molar-refractivity contribution is 0.0179. The zero-order valence-corrected chi connectivity index (χ0v) is 14.5. The first-order valence-electron chi connectivity index (χ1n) is 8.32. The average molecular weight is 368 g/mol. The van der Waals surface area contributed by atoms with Gasteiger partial charge in [-0.3, -0.25) is 4.79 Å². The van der Waals surface area contributed by atoms with Crippen molar-refractivity contribution in [2.75, 3.05) is 6.54 Å². The van der Waals surface area contributed by atoms with E-state index in [1.807, 2.05) is 18.2 Å². The lowest BCUT2D eigenvalue weighted by Crippen LogP contribution is -2.36. The minimum atomic E-state index is -1.40. The van der Waals surface area contributed by atoms with Crippen molar-refractivity contribution in [2.24, 2.45) is 0 Å². The Morgan fingerprint density at radius 2 is 1.74 bits per heavy atom. The fraction of sp³-hybridized carbons (Fsp3) is 0.250. The van der Waals surface area contributed by atoms with Crippen LogP contribution in [0.2, 0.25) is 0 Å². The molecule has 7 nitrogen and oxygen atoms in total. The summed E-state index contributed by atoms with van der Waals surface area (Å²) in [4.78, 5) is 23.7. The Morgan fingerprint density at radius 3 is 2.44 bits per heavy atom. The molecule has 2 aromatic rings. The third-order valence-electron chi connectivity index (χ3n) is 3.85. The van der Waals surface area contributed by atoms with E-state index >= 15 is 0 Å². The summed E-state index contributed by atoms with van der Waals surface area (Å²) in [6, 6.07) is 17.0. The van der Waals surface area contributed by atoms with Crippen molar-refractivity contribution in [2.45, 2.75) is 25.2 Å². The number of aliphatic hydroxyl groups excluding tert-OH is 2. The molecule has 0 saturated heterocycles. The van der Waals surface area contributed by atoms with Crippen molar-refractivity contribution in [1.29, 1.82) is 5.26 Å². The highest BCUT2D eigenvalue weighted by molar-refractivity contribution is 5.98. The van der Waals surface area contributed by atoms with Gasteiger partial charge in [0.25, 0.3) is 0 Å². The van der Waals surface area contributed by atoms with Gasteiger partial charge < -0.3 is 20.3 Å². The number of hydrogen-bond acceptors (Lipinski definition) is 6. The lowest BCUT2D eigenvalue weighted by Gasteiger charge is -2.20. The summed E-state index contributed by atoms with van der Waals surface area (Å²) in [6.45, 7) is -0.188. The Balaban J connectivity index is 1.90. The molecule has 0 spiro atoms. The fourth-order valence-corrected chi connectivity index (χ4v) is 2.46. The maximum absolute atomic E-state index is 12.0. The number of nitrogens with one attached hydrogen (secondary N) is 1. The topological polar surface area (TPSA) is 120 Å². The van der Waals surface area contributed by atoms with Gasteiger partial charge in [-0.25, -0.2) is 4.79 Å². The second-order valence-corrected chi connectivity index (χ2v) is 5.80. The Morgan fingerprint density at radius 1 is 1.07 bits per heavy atom. The van der Waals surface area contributed by atoms with Crippen LogP contribution < -0.4 is 5.32 Å². The molecule has 0 heterocycles. The van der Waals surface area contributed by atoms with Gasteiger partial charge in [0.05, 0.1) is 12.5 Å².